The van der Waals surface area contributed by atoms with E-state index in [2.05, 4.69) is 10.3 Å². The van der Waals surface area contributed by atoms with Gasteiger partial charge in [-0.3, -0.25) is 0 Å². The molecule has 0 fully saturated rings. The van der Waals surface area contributed by atoms with Crippen molar-refractivity contribution in [3.05, 3.63) is 23.9 Å². The Kier molecular flexibility index (Phi) is 6.74. The number of hydrogen-bond acceptors (Lipinski definition) is 4. The molecule has 0 spiro atoms. The zero-order valence-corrected chi connectivity index (χ0v) is 11.7. The van der Waals surface area contributed by atoms with Crippen LogP contribution < -0.4 is 10.2 Å². The largest absolute Gasteiger partial charge is 0.405 e. The van der Waals surface area contributed by atoms with E-state index in [9.17, 15) is 13.2 Å². The van der Waals surface area contributed by atoms with Crippen LogP contribution in [0.4, 0.5) is 19.0 Å². The first-order chi connectivity index (χ1) is 9.46. The Morgan fingerprint density at radius 2 is 2.10 bits per heavy atom. The topological polar surface area (TPSA) is 37.4 Å². The third kappa shape index (κ3) is 6.21. The van der Waals surface area contributed by atoms with E-state index in [1.165, 1.54) is 4.90 Å². The summed E-state index contributed by atoms with van der Waals surface area (Å²) in [6.07, 6.45) is -2.63. The zero-order valence-electron chi connectivity index (χ0n) is 11.7. The molecule has 1 N–H and O–H groups in total. The molecule has 0 radical (unpaired) electrons. The van der Waals surface area contributed by atoms with Crippen LogP contribution in [-0.2, 0) is 11.3 Å². The van der Waals surface area contributed by atoms with Crippen LogP contribution in [0.5, 0.6) is 0 Å². The fourth-order valence-corrected chi connectivity index (χ4v) is 1.69. The third-order valence-electron chi connectivity index (χ3n) is 2.70. The number of aromatic nitrogens is 1. The number of ether oxygens (including phenoxy) is 1. The van der Waals surface area contributed by atoms with E-state index in [-0.39, 0.29) is 6.54 Å². The van der Waals surface area contributed by atoms with Crippen LogP contribution in [0.15, 0.2) is 18.3 Å². The fraction of sp³-hybridized carbons (Fsp3) is 0.615. The summed E-state index contributed by atoms with van der Waals surface area (Å²) in [5.74, 6) is 0.338. The number of methoxy groups -OCH3 is 1. The number of rotatable bonds is 8. The second kappa shape index (κ2) is 8.06. The van der Waals surface area contributed by atoms with Gasteiger partial charge in [0, 0.05) is 32.9 Å². The number of nitrogens with zero attached hydrogens (tertiary/aromatic N) is 2. The van der Waals surface area contributed by atoms with Gasteiger partial charge in [0.25, 0.3) is 0 Å². The molecular weight excluding hydrogens is 271 g/mol. The molecule has 4 nitrogen and oxygen atoms in total. The van der Waals surface area contributed by atoms with Crippen LogP contribution in [0, 0.1) is 0 Å². The van der Waals surface area contributed by atoms with Crippen LogP contribution in [-0.4, -0.2) is 44.5 Å². The van der Waals surface area contributed by atoms with E-state index >= 15 is 0 Å². The Morgan fingerprint density at radius 1 is 1.35 bits per heavy atom. The van der Waals surface area contributed by atoms with Crippen molar-refractivity contribution < 1.29 is 17.9 Å². The standard InChI is InChI=1S/C13H20F3N3O/c1-3-19(10-13(14,15)16)12-5-4-11(9-18-12)8-17-6-7-20-2/h4-5,9,17H,3,6-8,10H2,1-2H3. The maximum Gasteiger partial charge on any atom is 0.405 e. The van der Waals surface area contributed by atoms with Crippen molar-refractivity contribution in [1.29, 1.82) is 0 Å². The first-order valence-corrected chi connectivity index (χ1v) is 6.42. The Hall–Kier alpha value is -1.34. The lowest BCUT2D eigenvalue weighted by Crippen LogP contribution is -2.34. The van der Waals surface area contributed by atoms with Crippen molar-refractivity contribution in [3.8, 4) is 0 Å². The zero-order chi connectivity index (χ0) is 15.0. The van der Waals surface area contributed by atoms with Crippen LogP contribution >= 0.6 is 0 Å². The van der Waals surface area contributed by atoms with Gasteiger partial charge in [0.15, 0.2) is 0 Å². The van der Waals surface area contributed by atoms with E-state index in [1.807, 2.05) is 0 Å². The second-order valence-electron chi connectivity index (χ2n) is 4.32. The molecule has 114 valence electrons. The molecule has 1 rings (SSSR count). The molecule has 0 aliphatic carbocycles. The lowest BCUT2D eigenvalue weighted by Gasteiger charge is -2.23. The van der Waals surface area contributed by atoms with Gasteiger partial charge in [-0.15, -0.1) is 0 Å². The Bertz CT molecular complexity index is 381. The molecule has 0 bridgehead atoms. The SMILES string of the molecule is CCN(CC(F)(F)F)c1ccc(CNCCOC)cn1. The molecule has 0 amide bonds. The predicted octanol–water partition coefficient (Wildman–Crippen LogP) is 2.21. The smallest absolute Gasteiger partial charge is 0.383 e. The fourth-order valence-electron chi connectivity index (χ4n) is 1.69. The summed E-state index contributed by atoms with van der Waals surface area (Å²) < 4.78 is 42.1. The van der Waals surface area contributed by atoms with Crippen molar-refractivity contribution in [3.63, 3.8) is 0 Å². The Morgan fingerprint density at radius 3 is 2.60 bits per heavy atom. The van der Waals surface area contributed by atoms with E-state index in [0.29, 0.717) is 25.5 Å². The summed E-state index contributed by atoms with van der Waals surface area (Å²) in [5.41, 5.74) is 0.924. The lowest BCUT2D eigenvalue weighted by molar-refractivity contribution is -0.119. The highest BCUT2D eigenvalue weighted by Crippen LogP contribution is 2.20. The van der Waals surface area contributed by atoms with Gasteiger partial charge in [0.2, 0.25) is 0 Å². The number of hydrogen-bond donors (Lipinski definition) is 1. The van der Waals surface area contributed by atoms with Gasteiger partial charge in [-0.2, -0.15) is 13.2 Å². The van der Waals surface area contributed by atoms with Crippen molar-refractivity contribution >= 4 is 5.82 Å². The molecule has 0 saturated heterocycles. The quantitative estimate of drug-likeness (QED) is 0.745. The van der Waals surface area contributed by atoms with Gasteiger partial charge in [0.1, 0.15) is 12.4 Å². The first-order valence-electron chi connectivity index (χ1n) is 6.42. The molecule has 0 atom stereocenters. The number of anilines is 1. The number of halogens is 3. The van der Waals surface area contributed by atoms with Crippen LogP contribution in [0.25, 0.3) is 0 Å². The first kappa shape index (κ1) is 16.7. The Balaban J connectivity index is 2.55. The Labute approximate surface area is 116 Å². The third-order valence-corrected chi connectivity index (χ3v) is 2.70. The predicted molar refractivity (Wildman–Crippen MR) is 71.8 cm³/mol. The highest BCUT2D eigenvalue weighted by atomic mass is 19.4. The van der Waals surface area contributed by atoms with E-state index in [1.54, 1.807) is 32.4 Å². The molecule has 0 aliphatic rings. The molecule has 0 saturated carbocycles. The average Bonchev–Trinajstić information content (AvgIpc) is 2.41. The summed E-state index contributed by atoms with van der Waals surface area (Å²) in [6.45, 7) is 2.89. The average molecular weight is 291 g/mol. The van der Waals surface area contributed by atoms with Gasteiger partial charge in [0.05, 0.1) is 6.61 Å². The summed E-state index contributed by atoms with van der Waals surface area (Å²) in [7, 11) is 1.62. The number of nitrogens with one attached hydrogen (secondary N) is 1. The molecular formula is C13H20F3N3O. The molecule has 7 heteroatoms. The van der Waals surface area contributed by atoms with Gasteiger partial charge >= 0.3 is 6.18 Å². The summed E-state index contributed by atoms with van der Waals surface area (Å²) in [4.78, 5) is 5.28. The molecule has 1 heterocycles. The number of alkyl halides is 3. The highest BCUT2D eigenvalue weighted by molar-refractivity contribution is 5.39. The van der Waals surface area contributed by atoms with Crippen molar-refractivity contribution in [1.82, 2.24) is 10.3 Å². The monoisotopic (exact) mass is 291 g/mol. The van der Waals surface area contributed by atoms with Crippen LogP contribution in [0.2, 0.25) is 0 Å². The van der Waals surface area contributed by atoms with E-state index in [4.69, 9.17) is 4.74 Å². The van der Waals surface area contributed by atoms with Gasteiger partial charge in [-0.25, -0.2) is 4.98 Å². The molecule has 0 aromatic carbocycles. The molecule has 0 unspecified atom stereocenters. The van der Waals surface area contributed by atoms with Gasteiger partial charge < -0.3 is 15.0 Å². The molecule has 1 aromatic rings. The number of pyridine rings is 1. The summed E-state index contributed by atoms with van der Waals surface area (Å²) in [6, 6.07) is 3.39. The molecule has 1 aromatic heterocycles. The maximum absolute atomic E-state index is 12.4. The van der Waals surface area contributed by atoms with Crippen LogP contribution in [0.3, 0.4) is 0 Å². The van der Waals surface area contributed by atoms with Crippen LogP contribution in [0.1, 0.15) is 12.5 Å². The van der Waals surface area contributed by atoms with Crippen molar-refractivity contribution in [2.45, 2.75) is 19.6 Å². The second-order valence-corrected chi connectivity index (χ2v) is 4.32. The molecule has 0 aliphatic heterocycles. The minimum absolute atomic E-state index is 0.262. The van der Waals surface area contributed by atoms with Crippen molar-refractivity contribution in [2.24, 2.45) is 0 Å². The maximum atomic E-state index is 12.4. The summed E-state index contributed by atoms with van der Waals surface area (Å²) in [5, 5.41) is 3.14. The minimum atomic E-state index is -4.22. The minimum Gasteiger partial charge on any atom is -0.383 e. The summed E-state index contributed by atoms with van der Waals surface area (Å²) >= 11 is 0. The van der Waals surface area contributed by atoms with Crippen molar-refractivity contribution in [2.75, 3.05) is 38.3 Å². The van der Waals surface area contributed by atoms with E-state index in [0.717, 1.165) is 5.56 Å². The highest BCUT2D eigenvalue weighted by Gasteiger charge is 2.30. The van der Waals surface area contributed by atoms with Gasteiger partial charge in [-0.05, 0) is 18.6 Å². The van der Waals surface area contributed by atoms with Gasteiger partial charge in [-0.1, -0.05) is 6.07 Å². The molecule has 20 heavy (non-hydrogen) atoms. The normalized spacial score (nSPS) is 11.7. The lowest BCUT2D eigenvalue weighted by atomic mass is 10.2. The van der Waals surface area contributed by atoms with E-state index < -0.39 is 12.7 Å².